The van der Waals surface area contributed by atoms with Gasteiger partial charge in [0, 0.05) is 10.5 Å². The van der Waals surface area contributed by atoms with Gasteiger partial charge in [0.2, 0.25) is 0 Å². The van der Waals surface area contributed by atoms with Crippen LogP contribution in [0.1, 0.15) is 42.2 Å². The third kappa shape index (κ3) is 5.59. The number of ether oxygens (including phenoxy) is 1. The van der Waals surface area contributed by atoms with Crippen LogP contribution < -0.4 is 5.32 Å². The highest BCUT2D eigenvalue weighted by Crippen LogP contribution is 2.28. The van der Waals surface area contributed by atoms with Crippen molar-refractivity contribution in [2.75, 3.05) is 0 Å². The first-order valence-electron chi connectivity index (χ1n) is 8.37. The average Bonchev–Trinajstić information content (AvgIpc) is 2.62. The molecule has 2 aromatic rings. The van der Waals surface area contributed by atoms with Crippen LogP contribution in [-0.2, 0) is 9.53 Å². The standard InChI is InChI=1S/C19H18BrFN2O5/c1-11(2)28-18(24)10-16(13-5-3-4-6-17(13)23(26)27)22-19(25)14-9-12(21)7-8-15(14)20/h3-9,11,16H,10H2,1-2H3,(H,22,25). The van der Waals surface area contributed by atoms with Crippen molar-refractivity contribution in [2.45, 2.75) is 32.4 Å². The average molecular weight is 453 g/mol. The summed E-state index contributed by atoms with van der Waals surface area (Å²) in [7, 11) is 0. The number of hydrogen-bond acceptors (Lipinski definition) is 5. The summed E-state index contributed by atoms with van der Waals surface area (Å²) in [5.74, 6) is -1.93. The van der Waals surface area contributed by atoms with Gasteiger partial charge in [-0.15, -0.1) is 0 Å². The number of nitro benzene ring substituents is 1. The van der Waals surface area contributed by atoms with Crippen LogP contribution in [0.4, 0.5) is 10.1 Å². The number of amides is 1. The van der Waals surface area contributed by atoms with Crippen molar-refractivity contribution < 1.29 is 23.6 Å². The highest BCUT2D eigenvalue weighted by molar-refractivity contribution is 9.10. The summed E-state index contributed by atoms with van der Waals surface area (Å²) in [6, 6.07) is 8.33. The first-order chi connectivity index (χ1) is 13.2. The van der Waals surface area contributed by atoms with Gasteiger partial charge in [0.05, 0.1) is 34.6 Å². The SMILES string of the molecule is CC(C)OC(=O)CC(NC(=O)c1cc(F)ccc1Br)c1ccccc1[N+](=O)[O-]. The molecule has 1 unspecified atom stereocenters. The molecule has 0 saturated carbocycles. The van der Waals surface area contributed by atoms with Crippen molar-refractivity contribution in [1.82, 2.24) is 5.32 Å². The maximum atomic E-state index is 13.5. The van der Waals surface area contributed by atoms with Crippen LogP contribution in [0.25, 0.3) is 0 Å². The lowest BCUT2D eigenvalue weighted by atomic mass is 10.0. The van der Waals surface area contributed by atoms with Gasteiger partial charge < -0.3 is 10.1 Å². The predicted octanol–water partition coefficient (Wildman–Crippen LogP) is 4.31. The van der Waals surface area contributed by atoms with E-state index in [1.165, 1.54) is 30.3 Å². The molecular formula is C19H18BrFN2O5. The van der Waals surface area contributed by atoms with Crippen molar-refractivity contribution in [3.8, 4) is 0 Å². The van der Waals surface area contributed by atoms with Gasteiger partial charge in [0.1, 0.15) is 5.82 Å². The molecule has 0 saturated heterocycles. The number of rotatable bonds is 7. The second-order valence-corrected chi connectivity index (χ2v) is 7.06. The van der Waals surface area contributed by atoms with E-state index in [0.29, 0.717) is 4.47 Å². The van der Waals surface area contributed by atoms with E-state index in [4.69, 9.17) is 4.74 Å². The number of para-hydroxylation sites is 1. The van der Waals surface area contributed by atoms with E-state index in [9.17, 15) is 24.1 Å². The Kier molecular flexibility index (Phi) is 7.22. The van der Waals surface area contributed by atoms with Crippen molar-refractivity contribution in [3.05, 3.63) is 74.0 Å². The Hall–Kier alpha value is -2.81. The molecule has 0 aliphatic carbocycles. The highest BCUT2D eigenvalue weighted by Gasteiger charge is 2.27. The fourth-order valence-corrected chi connectivity index (χ4v) is 3.00. The minimum absolute atomic E-state index is 0.000751. The molecule has 148 valence electrons. The number of benzene rings is 2. The quantitative estimate of drug-likeness (QED) is 0.383. The summed E-state index contributed by atoms with van der Waals surface area (Å²) in [4.78, 5) is 35.6. The predicted molar refractivity (Wildman–Crippen MR) is 103 cm³/mol. The summed E-state index contributed by atoms with van der Waals surface area (Å²) < 4.78 is 19.0. The zero-order valence-electron chi connectivity index (χ0n) is 15.1. The maximum Gasteiger partial charge on any atom is 0.308 e. The molecule has 0 spiro atoms. The molecular weight excluding hydrogens is 435 g/mol. The Labute approximate surface area is 169 Å². The van der Waals surface area contributed by atoms with Gasteiger partial charge in [-0.2, -0.15) is 0 Å². The fraction of sp³-hybridized carbons (Fsp3) is 0.263. The summed E-state index contributed by atoms with van der Waals surface area (Å²) in [5.41, 5.74) is -0.0988. The molecule has 0 aliphatic rings. The molecule has 0 aromatic heterocycles. The van der Waals surface area contributed by atoms with Gasteiger partial charge in [-0.3, -0.25) is 19.7 Å². The summed E-state index contributed by atoms with van der Waals surface area (Å²) in [5, 5.41) is 13.9. The summed E-state index contributed by atoms with van der Waals surface area (Å²) >= 11 is 3.17. The Morgan fingerprint density at radius 2 is 1.93 bits per heavy atom. The second-order valence-electron chi connectivity index (χ2n) is 6.21. The monoisotopic (exact) mass is 452 g/mol. The van der Waals surface area contributed by atoms with Crippen LogP contribution in [-0.4, -0.2) is 22.9 Å². The minimum atomic E-state index is -1.03. The van der Waals surface area contributed by atoms with Gasteiger partial charge in [-0.25, -0.2) is 4.39 Å². The Bertz CT molecular complexity index is 904. The van der Waals surface area contributed by atoms with Gasteiger partial charge in [-0.1, -0.05) is 18.2 Å². The number of carbonyl (C=O) groups excluding carboxylic acids is 2. The van der Waals surface area contributed by atoms with E-state index in [0.717, 1.165) is 6.07 Å². The number of esters is 1. The smallest absolute Gasteiger partial charge is 0.308 e. The van der Waals surface area contributed by atoms with Crippen LogP contribution in [0.5, 0.6) is 0 Å². The van der Waals surface area contributed by atoms with E-state index in [2.05, 4.69) is 21.2 Å². The van der Waals surface area contributed by atoms with Crippen LogP contribution in [0.3, 0.4) is 0 Å². The van der Waals surface area contributed by atoms with Crippen molar-refractivity contribution in [3.63, 3.8) is 0 Å². The third-order valence-electron chi connectivity index (χ3n) is 3.73. The lowest BCUT2D eigenvalue weighted by molar-refractivity contribution is -0.385. The largest absolute Gasteiger partial charge is 0.463 e. The number of halogens is 2. The summed E-state index contributed by atoms with van der Waals surface area (Å²) in [6.45, 7) is 3.33. The Morgan fingerprint density at radius 3 is 2.57 bits per heavy atom. The zero-order valence-corrected chi connectivity index (χ0v) is 16.7. The molecule has 0 heterocycles. The minimum Gasteiger partial charge on any atom is -0.463 e. The molecule has 0 radical (unpaired) electrons. The molecule has 0 fully saturated rings. The highest BCUT2D eigenvalue weighted by atomic mass is 79.9. The number of nitrogens with zero attached hydrogens (tertiary/aromatic N) is 1. The summed E-state index contributed by atoms with van der Waals surface area (Å²) in [6.07, 6.45) is -0.700. The fourth-order valence-electron chi connectivity index (χ4n) is 2.57. The number of nitrogens with one attached hydrogen (secondary N) is 1. The number of nitro groups is 1. The van der Waals surface area contributed by atoms with Gasteiger partial charge >= 0.3 is 5.97 Å². The van der Waals surface area contributed by atoms with Crippen molar-refractivity contribution in [2.24, 2.45) is 0 Å². The van der Waals surface area contributed by atoms with Crippen LogP contribution in [0.2, 0.25) is 0 Å². The second kappa shape index (κ2) is 9.41. The van der Waals surface area contributed by atoms with E-state index < -0.39 is 28.7 Å². The van der Waals surface area contributed by atoms with Crippen LogP contribution in [0, 0.1) is 15.9 Å². The molecule has 2 rings (SSSR count). The first-order valence-corrected chi connectivity index (χ1v) is 9.17. The molecule has 7 nitrogen and oxygen atoms in total. The maximum absolute atomic E-state index is 13.5. The van der Waals surface area contributed by atoms with Crippen LogP contribution >= 0.6 is 15.9 Å². The normalized spacial score (nSPS) is 11.8. The van der Waals surface area contributed by atoms with Crippen LogP contribution in [0.15, 0.2) is 46.9 Å². The van der Waals surface area contributed by atoms with E-state index >= 15 is 0 Å². The first kappa shape index (κ1) is 21.5. The molecule has 0 aliphatic heterocycles. The third-order valence-corrected chi connectivity index (χ3v) is 4.42. The lowest BCUT2D eigenvalue weighted by Gasteiger charge is -2.20. The van der Waals surface area contributed by atoms with Gasteiger partial charge in [0.25, 0.3) is 11.6 Å². The van der Waals surface area contributed by atoms with Gasteiger partial charge in [0.15, 0.2) is 0 Å². The lowest BCUT2D eigenvalue weighted by Crippen LogP contribution is -2.31. The Morgan fingerprint density at radius 1 is 1.25 bits per heavy atom. The van der Waals surface area contributed by atoms with Crippen molar-refractivity contribution in [1.29, 1.82) is 0 Å². The van der Waals surface area contributed by atoms with E-state index in [-0.39, 0.29) is 29.3 Å². The molecule has 1 N–H and O–H groups in total. The Balaban J connectivity index is 2.38. The van der Waals surface area contributed by atoms with E-state index in [1.807, 2.05) is 0 Å². The number of carbonyl (C=O) groups is 2. The topological polar surface area (TPSA) is 98.5 Å². The molecule has 9 heteroatoms. The molecule has 1 amide bonds. The molecule has 2 aromatic carbocycles. The zero-order chi connectivity index (χ0) is 20.8. The molecule has 28 heavy (non-hydrogen) atoms. The molecule has 0 bridgehead atoms. The number of hydrogen-bond donors (Lipinski definition) is 1. The van der Waals surface area contributed by atoms with Crippen molar-refractivity contribution >= 4 is 33.5 Å². The van der Waals surface area contributed by atoms with Gasteiger partial charge in [-0.05, 0) is 48.0 Å². The molecule has 1 atom stereocenters. The van der Waals surface area contributed by atoms with E-state index in [1.54, 1.807) is 19.9 Å².